The molecule has 0 aliphatic heterocycles. The van der Waals surface area contributed by atoms with Crippen molar-refractivity contribution in [2.75, 3.05) is 25.5 Å². The Balaban J connectivity index is 1.72. The molecular formula is C18H20FN3OS2. The predicted octanol–water partition coefficient (Wildman–Crippen LogP) is 4.27. The fourth-order valence-electron chi connectivity index (χ4n) is 2.52. The van der Waals surface area contributed by atoms with E-state index in [0.29, 0.717) is 17.0 Å². The summed E-state index contributed by atoms with van der Waals surface area (Å²) in [7, 11) is 3.89. The molecule has 2 heterocycles. The van der Waals surface area contributed by atoms with E-state index in [0.717, 1.165) is 14.7 Å². The standard InChI is InChI=1S/C18H20FN3OS2/c1-18(2,11-7-5-6-8-12(11)19)10-20-15(23)13-9-14-16(24-13)21-17(25-14)22(3)4/h5-9H,10H2,1-4H3,(H,20,23). The summed E-state index contributed by atoms with van der Waals surface area (Å²) in [5.41, 5.74) is 0.103. The molecule has 0 aliphatic carbocycles. The van der Waals surface area contributed by atoms with Crippen LogP contribution in [0.15, 0.2) is 30.3 Å². The van der Waals surface area contributed by atoms with Crippen LogP contribution in [0.1, 0.15) is 29.1 Å². The van der Waals surface area contributed by atoms with E-state index in [4.69, 9.17) is 0 Å². The summed E-state index contributed by atoms with van der Waals surface area (Å²) in [6.07, 6.45) is 0. The van der Waals surface area contributed by atoms with Gasteiger partial charge in [0.2, 0.25) is 0 Å². The third-order valence-electron chi connectivity index (χ3n) is 3.98. The van der Waals surface area contributed by atoms with Crippen LogP contribution >= 0.6 is 22.7 Å². The number of hydrogen-bond donors (Lipinski definition) is 1. The first-order valence-electron chi connectivity index (χ1n) is 7.89. The van der Waals surface area contributed by atoms with Gasteiger partial charge in [-0.25, -0.2) is 9.37 Å². The van der Waals surface area contributed by atoms with E-state index in [1.807, 2.05) is 45.0 Å². The van der Waals surface area contributed by atoms with Gasteiger partial charge in [0.05, 0.1) is 9.58 Å². The molecule has 3 rings (SSSR count). The lowest BCUT2D eigenvalue weighted by Crippen LogP contribution is -2.37. The van der Waals surface area contributed by atoms with Crippen molar-refractivity contribution in [2.45, 2.75) is 19.3 Å². The number of anilines is 1. The SMILES string of the molecule is CN(C)c1nc2sc(C(=O)NCC(C)(C)c3ccccc3F)cc2s1. The number of nitrogens with zero attached hydrogens (tertiary/aromatic N) is 2. The van der Waals surface area contributed by atoms with Gasteiger partial charge in [0.25, 0.3) is 5.91 Å². The average Bonchev–Trinajstić information content (AvgIpc) is 3.12. The summed E-state index contributed by atoms with van der Waals surface area (Å²) in [5.74, 6) is -0.398. The topological polar surface area (TPSA) is 45.2 Å². The van der Waals surface area contributed by atoms with Crippen molar-refractivity contribution in [3.63, 3.8) is 0 Å². The molecule has 0 saturated heterocycles. The molecule has 0 aliphatic rings. The molecule has 0 atom stereocenters. The van der Waals surface area contributed by atoms with Crippen molar-refractivity contribution >= 4 is 43.2 Å². The first kappa shape index (κ1) is 17.8. The second-order valence-corrected chi connectivity index (χ2v) is 8.76. The number of aromatic nitrogens is 1. The summed E-state index contributed by atoms with van der Waals surface area (Å²) >= 11 is 2.94. The number of nitrogens with one attached hydrogen (secondary N) is 1. The van der Waals surface area contributed by atoms with E-state index >= 15 is 0 Å². The van der Waals surface area contributed by atoms with Crippen molar-refractivity contribution in [2.24, 2.45) is 0 Å². The summed E-state index contributed by atoms with van der Waals surface area (Å²) in [4.78, 5) is 20.4. The zero-order chi connectivity index (χ0) is 18.2. The van der Waals surface area contributed by atoms with Crippen LogP contribution in [0.25, 0.3) is 9.53 Å². The Bertz CT molecular complexity index is 883. The summed E-state index contributed by atoms with van der Waals surface area (Å²) < 4.78 is 15.0. The lowest BCUT2D eigenvalue weighted by Gasteiger charge is -2.26. The molecule has 1 N–H and O–H groups in total. The van der Waals surface area contributed by atoms with Crippen LogP contribution < -0.4 is 10.2 Å². The molecule has 4 nitrogen and oxygen atoms in total. The summed E-state index contributed by atoms with van der Waals surface area (Å²) in [5, 5.41) is 3.85. The van der Waals surface area contributed by atoms with Crippen LogP contribution in [0.2, 0.25) is 0 Å². The molecule has 0 fully saturated rings. The third kappa shape index (κ3) is 3.67. The number of amides is 1. The fraction of sp³-hybridized carbons (Fsp3) is 0.333. The van der Waals surface area contributed by atoms with Crippen molar-refractivity contribution in [1.82, 2.24) is 10.3 Å². The van der Waals surface area contributed by atoms with Crippen molar-refractivity contribution < 1.29 is 9.18 Å². The molecule has 25 heavy (non-hydrogen) atoms. The lowest BCUT2D eigenvalue weighted by atomic mass is 9.84. The highest BCUT2D eigenvalue weighted by atomic mass is 32.1. The van der Waals surface area contributed by atoms with Crippen molar-refractivity contribution in [3.05, 3.63) is 46.6 Å². The number of thiophene rings is 1. The molecule has 1 amide bonds. The number of fused-ring (bicyclic) bond motifs is 1. The van der Waals surface area contributed by atoms with E-state index < -0.39 is 5.41 Å². The Kier molecular flexibility index (Phi) is 4.79. The first-order chi connectivity index (χ1) is 11.8. The molecule has 3 aromatic rings. The maximum atomic E-state index is 14.0. The van der Waals surface area contributed by atoms with Gasteiger partial charge < -0.3 is 10.2 Å². The van der Waals surface area contributed by atoms with Gasteiger partial charge in [0, 0.05) is 26.1 Å². The number of halogens is 1. The van der Waals surface area contributed by atoms with Crippen LogP contribution in [0, 0.1) is 5.82 Å². The van der Waals surface area contributed by atoms with Gasteiger partial charge in [-0.15, -0.1) is 11.3 Å². The maximum Gasteiger partial charge on any atom is 0.261 e. The average molecular weight is 378 g/mol. The van der Waals surface area contributed by atoms with Gasteiger partial charge in [0.15, 0.2) is 5.13 Å². The number of carbonyl (C=O) groups excluding carboxylic acids is 1. The maximum absolute atomic E-state index is 14.0. The largest absolute Gasteiger partial charge is 0.354 e. The van der Waals surface area contributed by atoms with E-state index in [9.17, 15) is 9.18 Å². The lowest BCUT2D eigenvalue weighted by molar-refractivity contribution is 0.0949. The van der Waals surface area contributed by atoms with Crippen molar-refractivity contribution in [1.29, 1.82) is 0 Å². The van der Waals surface area contributed by atoms with Gasteiger partial charge in [-0.2, -0.15) is 0 Å². The summed E-state index contributed by atoms with van der Waals surface area (Å²) in [6.45, 7) is 4.20. The molecule has 0 spiro atoms. The number of thiazole rings is 1. The van der Waals surface area contributed by atoms with Crippen LogP contribution in [0.3, 0.4) is 0 Å². The van der Waals surface area contributed by atoms with Gasteiger partial charge in [0.1, 0.15) is 10.6 Å². The highest BCUT2D eigenvalue weighted by molar-refractivity contribution is 7.29. The van der Waals surface area contributed by atoms with E-state index in [1.54, 1.807) is 23.5 Å². The van der Waals surface area contributed by atoms with Gasteiger partial charge >= 0.3 is 0 Å². The molecule has 0 radical (unpaired) electrons. The molecule has 0 saturated carbocycles. The number of rotatable bonds is 5. The molecule has 0 bridgehead atoms. The minimum Gasteiger partial charge on any atom is -0.354 e. The van der Waals surface area contributed by atoms with Gasteiger partial charge in [-0.05, 0) is 17.7 Å². The molecular weight excluding hydrogens is 357 g/mol. The first-order valence-corrected chi connectivity index (χ1v) is 9.52. The van der Waals surface area contributed by atoms with Crippen LogP contribution in [-0.4, -0.2) is 31.5 Å². The zero-order valence-electron chi connectivity index (χ0n) is 14.6. The number of hydrogen-bond acceptors (Lipinski definition) is 5. The number of carbonyl (C=O) groups is 1. The molecule has 2 aromatic heterocycles. The molecule has 0 unspecified atom stereocenters. The summed E-state index contributed by atoms with van der Waals surface area (Å²) in [6, 6.07) is 8.55. The molecule has 7 heteroatoms. The Morgan fingerprint density at radius 3 is 2.64 bits per heavy atom. The fourth-order valence-corrected chi connectivity index (χ4v) is 4.57. The second-order valence-electron chi connectivity index (χ2n) is 6.72. The number of benzene rings is 1. The van der Waals surface area contributed by atoms with E-state index in [2.05, 4.69) is 10.3 Å². The van der Waals surface area contributed by atoms with Crippen LogP contribution in [0.4, 0.5) is 9.52 Å². The minimum absolute atomic E-state index is 0.147. The predicted molar refractivity (Wildman–Crippen MR) is 104 cm³/mol. The quantitative estimate of drug-likeness (QED) is 0.722. The highest BCUT2D eigenvalue weighted by Gasteiger charge is 2.25. The Morgan fingerprint density at radius 2 is 2.00 bits per heavy atom. The zero-order valence-corrected chi connectivity index (χ0v) is 16.2. The monoisotopic (exact) mass is 377 g/mol. The van der Waals surface area contributed by atoms with E-state index in [1.165, 1.54) is 17.4 Å². The normalized spacial score (nSPS) is 11.7. The smallest absolute Gasteiger partial charge is 0.261 e. The second kappa shape index (κ2) is 6.72. The van der Waals surface area contributed by atoms with Crippen molar-refractivity contribution in [3.8, 4) is 0 Å². The molecule has 1 aromatic carbocycles. The van der Waals surface area contributed by atoms with Gasteiger partial charge in [-0.3, -0.25) is 4.79 Å². The van der Waals surface area contributed by atoms with E-state index in [-0.39, 0.29) is 11.7 Å². The van der Waals surface area contributed by atoms with Gasteiger partial charge in [-0.1, -0.05) is 43.4 Å². The molecule has 132 valence electrons. The third-order valence-corrected chi connectivity index (χ3v) is 6.31. The Morgan fingerprint density at radius 1 is 1.28 bits per heavy atom. The minimum atomic E-state index is -0.494. The Labute approximate surface area is 154 Å². The van der Waals surface area contributed by atoms with Crippen LogP contribution in [-0.2, 0) is 5.41 Å². The Hall–Kier alpha value is -1.99. The van der Waals surface area contributed by atoms with Crippen LogP contribution in [0.5, 0.6) is 0 Å². The highest BCUT2D eigenvalue weighted by Crippen LogP contribution is 2.34.